The van der Waals surface area contributed by atoms with Crippen molar-refractivity contribution in [3.8, 4) is 0 Å². The van der Waals surface area contributed by atoms with Gasteiger partial charge in [0.2, 0.25) is 0 Å². The zero-order chi connectivity index (χ0) is 14.0. The molecule has 2 rings (SSSR count). The van der Waals surface area contributed by atoms with Gasteiger partial charge >= 0.3 is 0 Å². The first kappa shape index (κ1) is 14.1. The summed E-state index contributed by atoms with van der Waals surface area (Å²) < 4.78 is 2.60. The number of rotatable bonds is 3. The van der Waals surface area contributed by atoms with Gasteiger partial charge in [0.05, 0.1) is 11.9 Å². The van der Waals surface area contributed by atoms with Crippen LogP contribution in [0, 0.1) is 0 Å². The quantitative estimate of drug-likeness (QED) is 0.876. The zero-order valence-corrected chi connectivity index (χ0v) is 13.5. The summed E-state index contributed by atoms with van der Waals surface area (Å²) in [5.41, 5.74) is 1.35. The van der Waals surface area contributed by atoms with Gasteiger partial charge in [-0.05, 0) is 44.3 Å². The predicted octanol–water partition coefficient (Wildman–Crippen LogP) is 2.55. The number of hydrogen-bond acceptors (Lipinski definition) is 4. The summed E-state index contributed by atoms with van der Waals surface area (Å²) >= 11 is 6.45. The number of anilines is 1. The second-order valence-electron chi connectivity index (χ2n) is 3.78. The Hall–Kier alpha value is -1.28. The number of carbonyl (C=O) groups excluding carboxylic acids is 1. The topological polar surface area (TPSA) is 72.7 Å². The van der Waals surface area contributed by atoms with Crippen LogP contribution in [0.5, 0.6) is 0 Å². The first-order chi connectivity index (χ1) is 9.01. The Morgan fingerprint density at radius 2 is 2.21 bits per heavy atom. The van der Waals surface area contributed by atoms with Gasteiger partial charge in [-0.15, -0.1) is 0 Å². The highest BCUT2D eigenvalue weighted by Crippen LogP contribution is 2.20. The van der Waals surface area contributed by atoms with E-state index in [1.807, 2.05) is 6.92 Å². The van der Waals surface area contributed by atoms with Gasteiger partial charge in [-0.25, -0.2) is 9.97 Å². The van der Waals surface area contributed by atoms with E-state index in [1.54, 1.807) is 17.8 Å². The first-order valence-electron chi connectivity index (χ1n) is 5.53. The minimum absolute atomic E-state index is 0.271. The zero-order valence-electron chi connectivity index (χ0n) is 10.3. The fraction of sp³-hybridized carbons (Fsp3) is 0.273. The second-order valence-corrected chi connectivity index (χ2v) is 5.35. The van der Waals surface area contributed by atoms with Gasteiger partial charge in [-0.1, -0.05) is 6.92 Å². The third-order valence-corrected chi connectivity index (χ3v) is 3.39. The Morgan fingerprint density at radius 3 is 2.79 bits per heavy atom. The third-order valence-electron chi connectivity index (χ3n) is 2.46. The highest BCUT2D eigenvalue weighted by Gasteiger charge is 2.15. The molecule has 0 aliphatic rings. The summed E-state index contributed by atoms with van der Waals surface area (Å²) in [7, 11) is 1.73. The van der Waals surface area contributed by atoms with E-state index in [0.29, 0.717) is 20.7 Å². The molecule has 0 bridgehead atoms. The van der Waals surface area contributed by atoms with E-state index in [1.165, 1.54) is 6.20 Å². The van der Waals surface area contributed by atoms with Gasteiger partial charge in [0.25, 0.3) is 5.91 Å². The number of halogens is 2. The molecule has 0 spiro atoms. The number of amides is 1. The third kappa shape index (κ3) is 3.19. The van der Waals surface area contributed by atoms with Crippen LogP contribution in [-0.2, 0) is 13.5 Å². The molecule has 6 nitrogen and oxygen atoms in total. The van der Waals surface area contributed by atoms with Crippen LogP contribution in [0.1, 0.15) is 23.1 Å². The van der Waals surface area contributed by atoms with E-state index >= 15 is 0 Å². The number of aryl methyl sites for hydroxylation is 2. The van der Waals surface area contributed by atoms with Crippen LogP contribution in [0.2, 0.25) is 0 Å². The fourth-order valence-electron chi connectivity index (χ4n) is 1.51. The van der Waals surface area contributed by atoms with Crippen molar-refractivity contribution in [2.75, 3.05) is 5.32 Å². The van der Waals surface area contributed by atoms with Gasteiger partial charge < -0.3 is 5.32 Å². The number of carbonyl (C=O) groups is 1. The molecule has 100 valence electrons. The smallest absolute Gasteiger partial charge is 0.275 e. The van der Waals surface area contributed by atoms with Crippen LogP contribution in [0.3, 0.4) is 0 Å². The lowest BCUT2D eigenvalue weighted by Crippen LogP contribution is -2.17. The van der Waals surface area contributed by atoms with Gasteiger partial charge in [0.15, 0.2) is 5.82 Å². The summed E-state index contributed by atoms with van der Waals surface area (Å²) in [6.45, 7) is 1.99. The van der Waals surface area contributed by atoms with Crippen molar-refractivity contribution >= 4 is 43.6 Å². The molecule has 1 amide bonds. The Morgan fingerprint density at radius 1 is 1.47 bits per heavy atom. The van der Waals surface area contributed by atoms with E-state index in [2.05, 4.69) is 52.2 Å². The van der Waals surface area contributed by atoms with E-state index in [4.69, 9.17) is 0 Å². The lowest BCUT2D eigenvalue weighted by atomic mass is 10.3. The minimum Gasteiger partial charge on any atom is -0.303 e. The van der Waals surface area contributed by atoms with Crippen molar-refractivity contribution in [1.29, 1.82) is 0 Å². The highest BCUT2D eigenvalue weighted by atomic mass is 79.9. The van der Waals surface area contributed by atoms with Crippen molar-refractivity contribution in [3.63, 3.8) is 0 Å². The Kier molecular flexibility index (Phi) is 4.31. The van der Waals surface area contributed by atoms with Crippen molar-refractivity contribution in [2.45, 2.75) is 13.3 Å². The predicted molar refractivity (Wildman–Crippen MR) is 78.0 cm³/mol. The van der Waals surface area contributed by atoms with Crippen LogP contribution in [-0.4, -0.2) is 25.7 Å². The number of hydrogen-bond donors (Lipinski definition) is 1. The van der Waals surface area contributed by atoms with Crippen LogP contribution in [0.4, 0.5) is 5.82 Å². The molecule has 19 heavy (non-hydrogen) atoms. The van der Waals surface area contributed by atoms with Gasteiger partial charge in [0.1, 0.15) is 14.9 Å². The Labute approximate surface area is 126 Å². The molecule has 0 fully saturated rings. The lowest BCUT2D eigenvalue weighted by Gasteiger charge is -2.05. The molecular weight excluding hydrogens is 378 g/mol. The fourth-order valence-corrected chi connectivity index (χ4v) is 2.42. The number of aromatic nitrogens is 4. The average molecular weight is 389 g/mol. The Balaban J connectivity index is 2.23. The molecule has 1 N–H and O–H groups in total. The molecule has 2 heterocycles. The van der Waals surface area contributed by atoms with E-state index in [0.717, 1.165) is 12.1 Å². The monoisotopic (exact) mass is 387 g/mol. The number of nitrogens with one attached hydrogen (secondary N) is 1. The maximum Gasteiger partial charge on any atom is 0.275 e. The molecule has 0 aliphatic carbocycles. The molecule has 0 aromatic carbocycles. The van der Waals surface area contributed by atoms with Crippen LogP contribution in [0.25, 0.3) is 0 Å². The minimum atomic E-state index is -0.271. The summed E-state index contributed by atoms with van der Waals surface area (Å²) in [4.78, 5) is 20.3. The first-order valence-corrected chi connectivity index (χ1v) is 7.12. The largest absolute Gasteiger partial charge is 0.303 e. The normalized spacial score (nSPS) is 10.5. The van der Waals surface area contributed by atoms with Crippen molar-refractivity contribution < 1.29 is 4.79 Å². The summed E-state index contributed by atoms with van der Waals surface area (Å²) in [5.74, 6) is 0.0967. The molecule has 0 atom stereocenters. The summed E-state index contributed by atoms with van der Waals surface area (Å²) in [5, 5.41) is 6.92. The van der Waals surface area contributed by atoms with Crippen LogP contribution < -0.4 is 5.32 Å². The Bertz CT molecular complexity index is 626. The maximum atomic E-state index is 12.1. The van der Waals surface area contributed by atoms with Gasteiger partial charge in [-0.3, -0.25) is 9.48 Å². The molecule has 0 saturated heterocycles. The molecule has 2 aromatic heterocycles. The van der Waals surface area contributed by atoms with Gasteiger partial charge in [-0.2, -0.15) is 5.10 Å². The molecule has 0 aliphatic heterocycles. The molecule has 2 aromatic rings. The standard InChI is InChI=1S/C11H11Br2N5O/c1-3-6-4-7(18(2)17-6)11(19)16-10-9(13)15-8(12)5-14-10/h4-5H,3H2,1-2H3,(H,14,16,19). The van der Waals surface area contributed by atoms with Crippen LogP contribution in [0.15, 0.2) is 21.5 Å². The lowest BCUT2D eigenvalue weighted by molar-refractivity contribution is 0.101. The molecule has 0 unspecified atom stereocenters. The summed E-state index contributed by atoms with van der Waals surface area (Å²) in [6.07, 6.45) is 2.30. The van der Waals surface area contributed by atoms with Crippen molar-refractivity contribution in [1.82, 2.24) is 19.7 Å². The average Bonchev–Trinajstić information content (AvgIpc) is 2.74. The SMILES string of the molecule is CCc1cc(C(=O)Nc2ncc(Br)nc2Br)n(C)n1. The van der Waals surface area contributed by atoms with Crippen LogP contribution >= 0.6 is 31.9 Å². The van der Waals surface area contributed by atoms with Crippen molar-refractivity contribution in [2.24, 2.45) is 7.05 Å². The molecule has 0 radical (unpaired) electrons. The highest BCUT2D eigenvalue weighted by molar-refractivity contribution is 9.11. The van der Waals surface area contributed by atoms with E-state index < -0.39 is 0 Å². The van der Waals surface area contributed by atoms with E-state index in [-0.39, 0.29) is 5.91 Å². The maximum absolute atomic E-state index is 12.1. The van der Waals surface area contributed by atoms with E-state index in [9.17, 15) is 4.79 Å². The molecular formula is C11H11Br2N5O. The molecule has 8 heteroatoms. The van der Waals surface area contributed by atoms with Gasteiger partial charge in [0, 0.05) is 7.05 Å². The summed E-state index contributed by atoms with van der Waals surface area (Å²) in [6, 6.07) is 1.76. The number of nitrogens with zero attached hydrogens (tertiary/aromatic N) is 4. The van der Waals surface area contributed by atoms with Crippen molar-refractivity contribution in [3.05, 3.63) is 32.9 Å². The second kappa shape index (κ2) is 5.79. The molecule has 0 saturated carbocycles.